The number of hydrogen-bond acceptors (Lipinski definition) is 5. The van der Waals surface area contributed by atoms with Crippen molar-refractivity contribution < 1.29 is 23.0 Å². The summed E-state index contributed by atoms with van der Waals surface area (Å²) in [6.07, 6.45) is 1.21. The summed E-state index contributed by atoms with van der Waals surface area (Å²) in [4.78, 5) is 0. The van der Waals surface area contributed by atoms with Gasteiger partial charge in [-0.15, -0.1) is 0 Å². The molecule has 2 fully saturated rings. The van der Waals surface area contributed by atoms with Crippen LogP contribution in [0.15, 0.2) is 30.3 Å². The Morgan fingerprint density at radius 3 is 2.29 bits per heavy atom. The van der Waals surface area contributed by atoms with Gasteiger partial charge >= 0.3 is 0 Å². The lowest BCUT2D eigenvalue weighted by molar-refractivity contribution is -0.0379. The van der Waals surface area contributed by atoms with E-state index in [1.807, 2.05) is 30.3 Å². The summed E-state index contributed by atoms with van der Waals surface area (Å²) in [5.41, 5.74) is 1.02. The molecule has 1 N–H and O–H groups in total. The second-order valence-corrected chi connectivity index (χ2v) is 8.74. The molecule has 116 valence electrons. The van der Waals surface area contributed by atoms with Crippen LogP contribution < -0.4 is 0 Å². The summed E-state index contributed by atoms with van der Waals surface area (Å²) in [5, 5.41) is 9.47. The first-order valence-electron chi connectivity index (χ1n) is 7.10. The molecule has 1 aliphatic heterocycles. The molecule has 0 atom stereocenters. The van der Waals surface area contributed by atoms with Gasteiger partial charge in [-0.1, -0.05) is 30.3 Å². The first kappa shape index (κ1) is 15.0. The van der Waals surface area contributed by atoms with E-state index in [2.05, 4.69) is 0 Å². The van der Waals surface area contributed by atoms with Crippen LogP contribution in [0.5, 0.6) is 0 Å². The van der Waals surface area contributed by atoms with Crippen molar-refractivity contribution in [2.45, 2.75) is 28.9 Å². The fourth-order valence-electron chi connectivity index (χ4n) is 2.68. The fraction of sp³-hybridized carbons (Fsp3) is 0.600. The van der Waals surface area contributed by atoms with Crippen LogP contribution >= 0.6 is 0 Å². The maximum Gasteiger partial charge on any atom is 0.170 e. The zero-order chi connectivity index (χ0) is 15.0. The second-order valence-electron chi connectivity index (χ2n) is 6.00. The molecule has 5 nitrogen and oxygen atoms in total. The predicted molar refractivity (Wildman–Crippen MR) is 77.6 cm³/mol. The van der Waals surface area contributed by atoms with Gasteiger partial charge in [0.25, 0.3) is 0 Å². The van der Waals surface area contributed by atoms with Gasteiger partial charge in [0, 0.05) is 0 Å². The average Bonchev–Trinajstić information content (AvgIpc) is 3.20. The second kappa shape index (κ2) is 5.35. The minimum atomic E-state index is -3.46. The third-order valence-corrected chi connectivity index (χ3v) is 7.61. The highest BCUT2D eigenvalue weighted by Crippen LogP contribution is 2.50. The largest absolute Gasteiger partial charge is 0.395 e. The van der Waals surface area contributed by atoms with E-state index in [1.54, 1.807) is 0 Å². The molecule has 0 bridgehead atoms. The van der Waals surface area contributed by atoms with Crippen molar-refractivity contribution in [2.75, 3.05) is 26.4 Å². The summed E-state index contributed by atoms with van der Waals surface area (Å²) < 4.78 is 34.3. The molecule has 0 amide bonds. The van der Waals surface area contributed by atoms with Crippen molar-refractivity contribution in [3.8, 4) is 0 Å². The standard InChI is InChI=1S/C15H20O5S/c16-9-15(11-20-12-15)21(17,18)14(6-7-14)10-19-8-13-4-2-1-3-5-13/h1-5,16H,6-12H2. The van der Waals surface area contributed by atoms with Crippen molar-refractivity contribution in [1.82, 2.24) is 0 Å². The highest BCUT2D eigenvalue weighted by Gasteiger charge is 2.65. The molecule has 0 unspecified atom stereocenters. The van der Waals surface area contributed by atoms with Crippen molar-refractivity contribution >= 4 is 9.84 Å². The van der Waals surface area contributed by atoms with Gasteiger partial charge in [0.2, 0.25) is 0 Å². The lowest BCUT2D eigenvalue weighted by Gasteiger charge is -2.41. The van der Waals surface area contributed by atoms with Crippen LogP contribution in [-0.2, 0) is 25.9 Å². The lowest BCUT2D eigenvalue weighted by atomic mass is 10.1. The van der Waals surface area contributed by atoms with Crippen LogP contribution in [0.1, 0.15) is 18.4 Å². The monoisotopic (exact) mass is 312 g/mol. The van der Waals surface area contributed by atoms with E-state index < -0.39 is 19.3 Å². The molecular weight excluding hydrogens is 292 g/mol. The Balaban J connectivity index is 1.65. The van der Waals surface area contributed by atoms with E-state index in [1.165, 1.54) is 0 Å². The first-order valence-corrected chi connectivity index (χ1v) is 8.58. The van der Waals surface area contributed by atoms with Crippen LogP contribution in [-0.4, -0.2) is 49.4 Å². The molecule has 1 aromatic rings. The van der Waals surface area contributed by atoms with E-state index in [-0.39, 0.29) is 26.4 Å². The predicted octanol–water partition coefficient (Wildman–Crippen LogP) is 0.912. The van der Waals surface area contributed by atoms with Crippen molar-refractivity contribution in [3.63, 3.8) is 0 Å². The zero-order valence-corrected chi connectivity index (χ0v) is 12.6. The van der Waals surface area contributed by atoms with E-state index in [9.17, 15) is 13.5 Å². The Kier molecular flexibility index (Phi) is 3.81. The minimum absolute atomic E-state index is 0.0896. The lowest BCUT2D eigenvalue weighted by Crippen LogP contribution is -2.62. The molecule has 0 aromatic heterocycles. The van der Waals surface area contributed by atoms with E-state index >= 15 is 0 Å². The van der Waals surface area contributed by atoms with Crippen molar-refractivity contribution in [3.05, 3.63) is 35.9 Å². The summed E-state index contributed by atoms with van der Waals surface area (Å²) in [6, 6.07) is 9.67. The SMILES string of the molecule is O=S(=O)(C1(COCc2ccccc2)CC1)C1(CO)COC1. The van der Waals surface area contributed by atoms with E-state index in [4.69, 9.17) is 9.47 Å². The number of rotatable bonds is 7. The molecule has 1 saturated carbocycles. The van der Waals surface area contributed by atoms with Crippen LogP contribution in [0.3, 0.4) is 0 Å². The third-order valence-electron chi connectivity index (χ3n) is 4.44. The Bertz CT molecular complexity index is 582. The van der Waals surface area contributed by atoms with Crippen LogP contribution in [0.4, 0.5) is 0 Å². The first-order chi connectivity index (χ1) is 10.1. The number of hydrogen-bond donors (Lipinski definition) is 1. The highest BCUT2D eigenvalue weighted by atomic mass is 32.2. The normalized spacial score (nSPS) is 22.5. The Morgan fingerprint density at radius 2 is 1.81 bits per heavy atom. The van der Waals surface area contributed by atoms with Crippen molar-refractivity contribution in [1.29, 1.82) is 0 Å². The Morgan fingerprint density at radius 1 is 1.14 bits per heavy atom. The quantitative estimate of drug-likeness (QED) is 0.810. The molecule has 0 radical (unpaired) electrons. The Hall–Kier alpha value is -0.950. The number of ether oxygens (including phenoxy) is 2. The number of aliphatic hydroxyl groups excluding tert-OH is 1. The average molecular weight is 312 g/mol. The molecule has 0 spiro atoms. The van der Waals surface area contributed by atoms with Crippen LogP contribution in [0.2, 0.25) is 0 Å². The number of aliphatic hydroxyl groups is 1. The van der Waals surface area contributed by atoms with Crippen LogP contribution in [0.25, 0.3) is 0 Å². The molecule has 6 heteroatoms. The van der Waals surface area contributed by atoms with Crippen molar-refractivity contribution in [2.24, 2.45) is 0 Å². The molecule has 2 aliphatic rings. The highest BCUT2D eigenvalue weighted by molar-refractivity contribution is 7.94. The minimum Gasteiger partial charge on any atom is -0.395 e. The van der Waals surface area contributed by atoms with Gasteiger partial charge in [0.1, 0.15) is 4.75 Å². The summed E-state index contributed by atoms with van der Waals surface area (Å²) in [5.74, 6) is 0. The van der Waals surface area contributed by atoms with E-state index in [0.717, 1.165) is 5.56 Å². The molecule has 21 heavy (non-hydrogen) atoms. The van der Waals surface area contributed by atoms with E-state index in [0.29, 0.717) is 19.4 Å². The van der Waals surface area contributed by atoms with Gasteiger partial charge in [-0.2, -0.15) is 0 Å². The zero-order valence-electron chi connectivity index (χ0n) is 11.8. The van der Waals surface area contributed by atoms with Gasteiger partial charge in [0.05, 0.1) is 37.8 Å². The van der Waals surface area contributed by atoms with Gasteiger partial charge in [-0.25, -0.2) is 8.42 Å². The fourth-order valence-corrected chi connectivity index (χ4v) is 5.12. The van der Waals surface area contributed by atoms with Gasteiger partial charge in [-0.3, -0.25) is 0 Å². The Labute approximate surface area is 124 Å². The summed E-state index contributed by atoms with van der Waals surface area (Å²) in [7, 11) is -3.46. The topological polar surface area (TPSA) is 72.8 Å². The number of benzene rings is 1. The number of sulfone groups is 1. The molecular formula is C15H20O5S. The smallest absolute Gasteiger partial charge is 0.170 e. The maximum atomic E-state index is 12.8. The maximum absolute atomic E-state index is 12.8. The molecule has 1 aromatic carbocycles. The summed E-state index contributed by atoms with van der Waals surface area (Å²) >= 11 is 0. The van der Waals surface area contributed by atoms with Gasteiger partial charge < -0.3 is 14.6 Å². The molecule has 1 aliphatic carbocycles. The molecule has 3 rings (SSSR count). The molecule has 1 saturated heterocycles. The third kappa shape index (κ3) is 2.40. The van der Waals surface area contributed by atoms with Gasteiger partial charge in [0.15, 0.2) is 9.84 Å². The summed E-state index contributed by atoms with van der Waals surface area (Å²) in [6.45, 7) is 0.390. The van der Waals surface area contributed by atoms with Crippen LogP contribution in [0, 0.1) is 0 Å². The van der Waals surface area contributed by atoms with Gasteiger partial charge in [-0.05, 0) is 18.4 Å². The molecule has 1 heterocycles.